The van der Waals surface area contributed by atoms with Gasteiger partial charge < -0.3 is 5.32 Å². The van der Waals surface area contributed by atoms with Crippen LogP contribution in [0.1, 0.15) is 19.8 Å². The number of nitrogens with one attached hydrogen (secondary N) is 1. The fraction of sp³-hybridized carbons (Fsp3) is 0.462. The zero-order valence-electron chi connectivity index (χ0n) is 11.6. The lowest BCUT2D eigenvalue weighted by Crippen LogP contribution is -2.32. The molecular formula is C13H19FN2O3S. The van der Waals surface area contributed by atoms with Crippen molar-refractivity contribution in [3.05, 3.63) is 30.1 Å². The molecule has 0 saturated carbocycles. The second kappa shape index (κ2) is 7.23. The Morgan fingerprint density at radius 2 is 2.00 bits per heavy atom. The van der Waals surface area contributed by atoms with Gasteiger partial charge in [0.25, 0.3) is 0 Å². The maximum atomic E-state index is 13.7. The van der Waals surface area contributed by atoms with Crippen LogP contribution in [0.2, 0.25) is 0 Å². The van der Waals surface area contributed by atoms with Crippen molar-refractivity contribution in [1.29, 1.82) is 0 Å². The minimum absolute atomic E-state index is 0.00546. The maximum Gasteiger partial charge on any atom is 0.232 e. The topological polar surface area (TPSA) is 66.5 Å². The molecule has 0 bridgehead atoms. The van der Waals surface area contributed by atoms with Crippen molar-refractivity contribution >= 4 is 21.6 Å². The average molecular weight is 302 g/mol. The SMILES string of the molecule is CCNC(=O)CCCN(c1ccccc1F)S(C)(=O)=O. The molecule has 1 rings (SSSR count). The molecular weight excluding hydrogens is 283 g/mol. The Kier molecular flexibility index (Phi) is 5.94. The molecule has 0 spiro atoms. The first kappa shape index (κ1) is 16.4. The van der Waals surface area contributed by atoms with Gasteiger partial charge in [-0.3, -0.25) is 9.10 Å². The summed E-state index contributed by atoms with van der Waals surface area (Å²) in [7, 11) is -3.59. The van der Waals surface area contributed by atoms with E-state index in [9.17, 15) is 17.6 Å². The summed E-state index contributed by atoms with van der Waals surface area (Å²) in [5, 5.41) is 2.63. The van der Waals surface area contributed by atoms with E-state index in [1.165, 1.54) is 18.2 Å². The van der Waals surface area contributed by atoms with Gasteiger partial charge in [-0.25, -0.2) is 12.8 Å². The van der Waals surface area contributed by atoms with E-state index in [1.54, 1.807) is 13.0 Å². The number of hydrogen-bond acceptors (Lipinski definition) is 3. The van der Waals surface area contributed by atoms with Gasteiger partial charge in [0.15, 0.2) is 0 Å². The second-order valence-corrected chi connectivity index (χ2v) is 6.25. The Morgan fingerprint density at radius 1 is 1.35 bits per heavy atom. The van der Waals surface area contributed by atoms with E-state index in [2.05, 4.69) is 5.32 Å². The molecule has 0 aliphatic rings. The van der Waals surface area contributed by atoms with Crippen LogP contribution in [0.15, 0.2) is 24.3 Å². The van der Waals surface area contributed by atoms with Crippen molar-refractivity contribution in [2.24, 2.45) is 0 Å². The average Bonchev–Trinajstić information content (AvgIpc) is 2.35. The van der Waals surface area contributed by atoms with Crippen LogP contribution in [-0.2, 0) is 14.8 Å². The van der Waals surface area contributed by atoms with Crippen LogP contribution in [0, 0.1) is 5.82 Å². The number of amides is 1. The minimum Gasteiger partial charge on any atom is -0.356 e. The van der Waals surface area contributed by atoms with Crippen molar-refractivity contribution in [2.45, 2.75) is 19.8 Å². The molecule has 20 heavy (non-hydrogen) atoms. The minimum atomic E-state index is -3.59. The van der Waals surface area contributed by atoms with Gasteiger partial charge in [0.1, 0.15) is 5.82 Å². The number of rotatable bonds is 7. The van der Waals surface area contributed by atoms with Crippen LogP contribution in [0.5, 0.6) is 0 Å². The number of benzene rings is 1. The van der Waals surface area contributed by atoms with E-state index in [-0.39, 0.29) is 24.6 Å². The largest absolute Gasteiger partial charge is 0.356 e. The third kappa shape index (κ3) is 4.80. The van der Waals surface area contributed by atoms with E-state index >= 15 is 0 Å². The van der Waals surface area contributed by atoms with E-state index < -0.39 is 15.8 Å². The molecule has 0 atom stereocenters. The highest BCUT2D eigenvalue weighted by Crippen LogP contribution is 2.21. The monoisotopic (exact) mass is 302 g/mol. The van der Waals surface area contributed by atoms with E-state index in [0.717, 1.165) is 10.6 Å². The summed E-state index contributed by atoms with van der Waals surface area (Å²) in [5.74, 6) is -0.745. The third-order valence-corrected chi connectivity index (χ3v) is 3.84. The van der Waals surface area contributed by atoms with Crippen LogP contribution in [0.25, 0.3) is 0 Å². The van der Waals surface area contributed by atoms with Crippen molar-refractivity contribution in [3.63, 3.8) is 0 Å². The van der Waals surface area contributed by atoms with Crippen molar-refractivity contribution in [2.75, 3.05) is 23.7 Å². The zero-order valence-corrected chi connectivity index (χ0v) is 12.4. The summed E-state index contributed by atoms with van der Waals surface area (Å²) in [6, 6.07) is 5.67. The summed E-state index contributed by atoms with van der Waals surface area (Å²) in [5.41, 5.74) is 0.00546. The number of anilines is 1. The predicted octanol–water partition coefficient (Wildman–Crippen LogP) is 1.51. The first-order valence-corrected chi connectivity index (χ1v) is 8.20. The summed E-state index contributed by atoms with van der Waals surface area (Å²) >= 11 is 0. The normalized spacial score (nSPS) is 11.2. The molecule has 1 N–H and O–H groups in total. The summed E-state index contributed by atoms with van der Waals surface area (Å²) < 4.78 is 38.2. The van der Waals surface area contributed by atoms with E-state index in [4.69, 9.17) is 0 Å². The van der Waals surface area contributed by atoms with Crippen LogP contribution >= 0.6 is 0 Å². The summed E-state index contributed by atoms with van der Waals surface area (Å²) in [6.45, 7) is 2.40. The Hall–Kier alpha value is -1.63. The standard InChI is InChI=1S/C13H19FN2O3S/c1-3-15-13(17)9-6-10-16(20(2,18)19)12-8-5-4-7-11(12)14/h4-5,7-8H,3,6,9-10H2,1-2H3,(H,15,17). The van der Waals surface area contributed by atoms with Gasteiger partial charge in [0.2, 0.25) is 15.9 Å². The number of sulfonamides is 1. The molecule has 1 aromatic carbocycles. The Bertz CT molecular complexity index is 560. The van der Waals surface area contributed by atoms with Gasteiger partial charge in [-0.2, -0.15) is 0 Å². The number of halogens is 1. The van der Waals surface area contributed by atoms with Crippen molar-refractivity contribution in [1.82, 2.24) is 5.32 Å². The number of carbonyl (C=O) groups is 1. The lowest BCUT2D eigenvalue weighted by molar-refractivity contribution is -0.121. The molecule has 5 nitrogen and oxygen atoms in total. The molecule has 0 heterocycles. The number of nitrogens with zero attached hydrogens (tertiary/aromatic N) is 1. The molecule has 1 aromatic rings. The highest BCUT2D eigenvalue weighted by molar-refractivity contribution is 7.92. The molecule has 0 aromatic heterocycles. The van der Waals surface area contributed by atoms with E-state index in [1.807, 2.05) is 0 Å². The van der Waals surface area contributed by atoms with Crippen molar-refractivity contribution in [3.8, 4) is 0 Å². The third-order valence-electron chi connectivity index (χ3n) is 2.66. The number of hydrogen-bond donors (Lipinski definition) is 1. The lowest BCUT2D eigenvalue weighted by atomic mass is 10.2. The number of para-hydroxylation sites is 1. The molecule has 0 aliphatic carbocycles. The first-order chi connectivity index (χ1) is 9.36. The van der Waals surface area contributed by atoms with Gasteiger partial charge in [-0.05, 0) is 25.5 Å². The predicted molar refractivity (Wildman–Crippen MR) is 76.5 cm³/mol. The Morgan fingerprint density at radius 3 is 2.55 bits per heavy atom. The lowest BCUT2D eigenvalue weighted by Gasteiger charge is -2.22. The molecule has 0 aliphatic heterocycles. The fourth-order valence-electron chi connectivity index (χ4n) is 1.79. The maximum absolute atomic E-state index is 13.7. The highest BCUT2D eigenvalue weighted by atomic mass is 32.2. The van der Waals surface area contributed by atoms with Crippen LogP contribution in [0.3, 0.4) is 0 Å². The fourth-order valence-corrected chi connectivity index (χ4v) is 2.75. The molecule has 0 fully saturated rings. The molecule has 7 heteroatoms. The smallest absolute Gasteiger partial charge is 0.232 e. The van der Waals surface area contributed by atoms with E-state index in [0.29, 0.717) is 13.0 Å². The molecule has 0 saturated heterocycles. The van der Waals surface area contributed by atoms with Gasteiger partial charge in [-0.15, -0.1) is 0 Å². The van der Waals surface area contributed by atoms with Crippen molar-refractivity contribution < 1.29 is 17.6 Å². The quantitative estimate of drug-likeness (QED) is 0.830. The molecule has 0 unspecified atom stereocenters. The number of carbonyl (C=O) groups excluding carboxylic acids is 1. The molecule has 1 amide bonds. The van der Waals surface area contributed by atoms with Gasteiger partial charge in [-0.1, -0.05) is 12.1 Å². The highest BCUT2D eigenvalue weighted by Gasteiger charge is 2.20. The zero-order chi connectivity index (χ0) is 15.2. The second-order valence-electron chi connectivity index (χ2n) is 4.34. The Balaban J connectivity index is 2.78. The van der Waals surface area contributed by atoms with Crippen LogP contribution in [-0.4, -0.2) is 33.7 Å². The van der Waals surface area contributed by atoms with Gasteiger partial charge in [0, 0.05) is 19.5 Å². The Labute approximate surface area is 118 Å². The van der Waals surface area contributed by atoms with Gasteiger partial charge in [0.05, 0.1) is 11.9 Å². The van der Waals surface area contributed by atoms with Crippen LogP contribution in [0.4, 0.5) is 10.1 Å². The molecule has 0 radical (unpaired) electrons. The molecule has 112 valence electrons. The van der Waals surface area contributed by atoms with Gasteiger partial charge >= 0.3 is 0 Å². The summed E-state index contributed by atoms with van der Waals surface area (Å²) in [6.07, 6.45) is 1.55. The summed E-state index contributed by atoms with van der Waals surface area (Å²) in [4.78, 5) is 11.3. The first-order valence-electron chi connectivity index (χ1n) is 6.35. The van der Waals surface area contributed by atoms with Crippen LogP contribution < -0.4 is 9.62 Å².